The maximum absolute atomic E-state index is 10.0. The van der Waals surface area contributed by atoms with Crippen LogP contribution in [0.3, 0.4) is 0 Å². The first kappa shape index (κ1) is 12.7. The van der Waals surface area contributed by atoms with E-state index in [1.54, 1.807) is 0 Å². The van der Waals surface area contributed by atoms with Gasteiger partial charge in [-0.05, 0) is 12.5 Å². The first-order valence-electron chi connectivity index (χ1n) is 5.94. The molecule has 5 heteroatoms. The van der Waals surface area contributed by atoms with Crippen molar-refractivity contribution in [2.24, 2.45) is 0 Å². The topological polar surface area (TPSA) is 68.4 Å². The summed E-state index contributed by atoms with van der Waals surface area (Å²) >= 11 is 0. The molecule has 0 saturated carbocycles. The highest BCUT2D eigenvalue weighted by molar-refractivity contribution is 5.21. The number of nitrogens with zero attached hydrogens (tertiary/aromatic N) is 2. The Morgan fingerprint density at radius 3 is 2.83 bits per heavy atom. The summed E-state index contributed by atoms with van der Waals surface area (Å²) < 4.78 is 10.3. The van der Waals surface area contributed by atoms with Crippen LogP contribution in [0.4, 0.5) is 0 Å². The quantitative estimate of drug-likeness (QED) is 0.788. The van der Waals surface area contributed by atoms with Crippen LogP contribution in [0.25, 0.3) is 0 Å². The second-order valence-corrected chi connectivity index (χ2v) is 3.81. The normalized spacial score (nSPS) is 12.6. The van der Waals surface area contributed by atoms with E-state index in [0.717, 1.165) is 5.56 Å². The van der Waals surface area contributed by atoms with Crippen LogP contribution < -0.4 is 0 Å². The Hall–Kier alpha value is -1.72. The van der Waals surface area contributed by atoms with E-state index in [1.807, 2.05) is 37.3 Å². The molecule has 1 atom stereocenters. The maximum atomic E-state index is 10.0. The summed E-state index contributed by atoms with van der Waals surface area (Å²) in [4.78, 5) is 4.15. The van der Waals surface area contributed by atoms with Crippen LogP contribution in [0.5, 0.6) is 0 Å². The van der Waals surface area contributed by atoms with Crippen molar-refractivity contribution in [3.05, 3.63) is 47.6 Å². The SMILES string of the molecule is CCOCCc1noc(C(O)c2ccccc2)n1. The van der Waals surface area contributed by atoms with Crippen molar-refractivity contribution < 1.29 is 14.4 Å². The molecule has 0 amide bonds. The van der Waals surface area contributed by atoms with E-state index >= 15 is 0 Å². The third-order valence-corrected chi connectivity index (χ3v) is 2.51. The second-order valence-electron chi connectivity index (χ2n) is 3.81. The molecule has 5 nitrogen and oxygen atoms in total. The summed E-state index contributed by atoms with van der Waals surface area (Å²) in [5, 5.41) is 13.9. The molecular weight excluding hydrogens is 232 g/mol. The Morgan fingerprint density at radius 2 is 2.11 bits per heavy atom. The monoisotopic (exact) mass is 248 g/mol. The number of aliphatic hydroxyl groups is 1. The fraction of sp³-hybridized carbons (Fsp3) is 0.385. The highest BCUT2D eigenvalue weighted by atomic mass is 16.5. The van der Waals surface area contributed by atoms with E-state index in [-0.39, 0.29) is 5.89 Å². The summed E-state index contributed by atoms with van der Waals surface area (Å²) in [5.41, 5.74) is 0.734. The third-order valence-electron chi connectivity index (χ3n) is 2.51. The number of aromatic nitrogens is 2. The van der Waals surface area contributed by atoms with Crippen LogP contribution in [-0.2, 0) is 11.2 Å². The van der Waals surface area contributed by atoms with Gasteiger partial charge in [0.1, 0.15) is 0 Å². The van der Waals surface area contributed by atoms with Gasteiger partial charge in [-0.25, -0.2) is 0 Å². The Bertz CT molecular complexity index is 470. The van der Waals surface area contributed by atoms with Gasteiger partial charge in [-0.15, -0.1) is 0 Å². The molecule has 0 saturated heterocycles. The molecule has 0 bridgehead atoms. The molecule has 0 fully saturated rings. The van der Waals surface area contributed by atoms with E-state index in [1.165, 1.54) is 0 Å². The third kappa shape index (κ3) is 3.15. The molecule has 0 radical (unpaired) electrons. The van der Waals surface area contributed by atoms with Crippen LogP contribution in [0.2, 0.25) is 0 Å². The van der Waals surface area contributed by atoms with Crippen molar-refractivity contribution in [3.8, 4) is 0 Å². The van der Waals surface area contributed by atoms with Gasteiger partial charge in [-0.2, -0.15) is 4.98 Å². The molecule has 2 aromatic rings. The predicted molar refractivity (Wildman–Crippen MR) is 65.0 cm³/mol. The summed E-state index contributed by atoms with van der Waals surface area (Å²) in [6.45, 7) is 3.15. The van der Waals surface area contributed by atoms with Gasteiger partial charge >= 0.3 is 0 Å². The number of hydrogen-bond acceptors (Lipinski definition) is 5. The highest BCUT2D eigenvalue weighted by Gasteiger charge is 2.17. The van der Waals surface area contributed by atoms with Crippen molar-refractivity contribution in [2.75, 3.05) is 13.2 Å². The number of hydrogen-bond donors (Lipinski definition) is 1. The zero-order valence-corrected chi connectivity index (χ0v) is 10.2. The molecule has 1 aromatic heterocycles. The van der Waals surface area contributed by atoms with Crippen LogP contribution >= 0.6 is 0 Å². The second kappa shape index (κ2) is 6.28. The van der Waals surface area contributed by atoms with Gasteiger partial charge in [0.05, 0.1) is 6.61 Å². The smallest absolute Gasteiger partial charge is 0.260 e. The minimum Gasteiger partial charge on any atom is -0.381 e. The molecule has 2 rings (SSSR count). The lowest BCUT2D eigenvalue weighted by Crippen LogP contribution is -2.02. The molecule has 1 unspecified atom stereocenters. The maximum Gasteiger partial charge on any atom is 0.260 e. The van der Waals surface area contributed by atoms with Crippen LogP contribution in [0.15, 0.2) is 34.9 Å². The number of ether oxygens (including phenoxy) is 1. The van der Waals surface area contributed by atoms with E-state index in [9.17, 15) is 5.11 Å². The van der Waals surface area contributed by atoms with Gasteiger partial charge in [-0.3, -0.25) is 0 Å². The van der Waals surface area contributed by atoms with Gasteiger partial charge < -0.3 is 14.4 Å². The molecule has 1 N–H and O–H groups in total. The van der Waals surface area contributed by atoms with Crippen LogP contribution in [-0.4, -0.2) is 28.5 Å². The zero-order valence-electron chi connectivity index (χ0n) is 10.2. The summed E-state index contributed by atoms with van der Waals surface area (Å²) in [6.07, 6.45) is -0.293. The standard InChI is InChI=1S/C13H16N2O3/c1-2-17-9-8-11-14-13(18-15-11)12(16)10-6-4-3-5-7-10/h3-7,12,16H,2,8-9H2,1H3. The Balaban J connectivity index is 2.01. The minimum absolute atomic E-state index is 0.215. The number of rotatable bonds is 6. The summed E-state index contributed by atoms with van der Waals surface area (Å²) in [5.74, 6) is 0.765. The molecule has 1 heterocycles. The molecule has 0 aliphatic heterocycles. The lowest BCUT2D eigenvalue weighted by atomic mass is 10.1. The van der Waals surface area contributed by atoms with Crippen LogP contribution in [0, 0.1) is 0 Å². The first-order chi connectivity index (χ1) is 8.81. The molecule has 1 aromatic carbocycles. The molecule has 0 spiro atoms. The Labute approximate surface area is 105 Å². The number of aliphatic hydroxyl groups excluding tert-OH is 1. The predicted octanol–water partition coefficient (Wildman–Crippen LogP) is 1.73. The fourth-order valence-electron chi connectivity index (χ4n) is 1.57. The summed E-state index contributed by atoms with van der Waals surface area (Å²) in [7, 11) is 0. The van der Waals surface area contributed by atoms with Gasteiger partial charge in [0, 0.05) is 13.0 Å². The largest absolute Gasteiger partial charge is 0.381 e. The van der Waals surface area contributed by atoms with Crippen molar-refractivity contribution >= 4 is 0 Å². The van der Waals surface area contributed by atoms with E-state index in [4.69, 9.17) is 9.26 Å². The van der Waals surface area contributed by atoms with Crippen molar-refractivity contribution in [2.45, 2.75) is 19.4 Å². The van der Waals surface area contributed by atoms with E-state index in [2.05, 4.69) is 10.1 Å². The van der Waals surface area contributed by atoms with Crippen molar-refractivity contribution in [1.82, 2.24) is 10.1 Å². The lowest BCUT2D eigenvalue weighted by Gasteiger charge is -2.04. The molecule has 18 heavy (non-hydrogen) atoms. The van der Waals surface area contributed by atoms with Crippen molar-refractivity contribution in [1.29, 1.82) is 0 Å². The van der Waals surface area contributed by atoms with Crippen molar-refractivity contribution in [3.63, 3.8) is 0 Å². The Morgan fingerprint density at radius 1 is 1.33 bits per heavy atom. The van der Waals surface area contributed by atoms with Crippen LogP contribution in [0.1, 0.15) is 30.3 Å². The molecule has 0 aliphatic rings. The van der Waals surface area contributed by atoms with E-state index < -0.39 is 6.10 Å². The minimum atomic E-state index is -0.875. The molecular formula is C13H16N2O3. The zero-order chi connectivity index (χ0) is 12.8. The first-order valence-corrected chi connectivity index (χ1v) is 5.94. The fourth-order valence-corrected chi connectivity index (χ4v) is 1.57. The Kier molecular flexibility index (Phi) is 4.44. The number of benzene rings is 1. The average Bonchev–Trinajstić information content (AvgIpc) is 2.88. The van der Waals surface area contributed by atoms with E-state index in [0.29, 0.717) is 25.5 Å². The summed E-state index contributed by atoms with van der Waals surface area (Å²) in [6, 6.07) is 9.22. The van der Waals surface area contributed by atoms with Gasteiger partial charge in [0.25, 0.3) is 5.89 Å². The molecule has 96 valence electrons. The van der Waals surface area contributed by atoms with Gasteiger partial charge in [-0.1, -0.05) is 35.5 Å². The van der Waals surface area contributed by atoms with Gasteiger partial charge in [0.2, 0.25) is 0 Å². The lowest BCUT2D eigenvalue weighted by molar-refractivity contribution is 0.149. The molecule has 0 aliphatic carbocycles. The van der Waals surface area contributed by atoms with Gasteiger partial charge in [0.15, 0.2) is 11.9 Å². The average molecular weight is 248 g/mol. The highest BCUT2D eigenvalue weighted by Crippen LogP contribution is 2.19.